The molecule has 64 valence electrons. The summed E-state index contributed by atoms with van der Waals surface area (Å²) >= 11 is 4.26. The van der Waals surface area contributed by atoms with E-state index in [1.54, 1.807) is 6.07 Å². The summed E-state index contributed by atoms with van der Waals surface area (Å²) in [6, 6.07) is 4.71. The van der Waals surface area contributed by atoms with Gasteiger partial charge in [0.1, 0.15) is 0 Å². The van der Waals surface area contributed by atoms with E-state index in [-0.39, 0.29) is 5.56 Å². The van der Waals surface area contributed by atoms with Gasteiger partial charge >= 0.3 is 5.97 Å². The zero-order chi connectivity index (χ0) is 9.14. The van der Waals surface area contributed by atoms with Gasteiger partial charge in [-0.05, 0) is 46.1 Å². The van der Waals surface area contributed by atoms with Gasteiger partial charge < -0.3 is 5.11 Å². The standard InChI is InChI=1S/C7H6BrNO2S/c8-5-2-1-4(7(10)11)3-6(5)12-9/h1-3H,9H2,(H,10,11). The van der Waals surface area contributed by atoms with Gasteiger partial charge in [-0.3, -0.25) is 5.14 Å². The average Bonchev–Trinajstić information content (AvgIpc) is 2.05. The topological polar surface area (TPSA) is 63.3 Å². The van der Waals surface area contributed by atoms with Crippen LogP contribution < -0.4 is 5.14 Å². The Kier molecular flexibility index (Phi) is 3.13. The number of carbonyl (C=O) groups is 1. The van der Waals surface area contributed by atoms with E-state index in [2.05, 4.69) is 15.9 Å². The third-order valence-corrected chi connectivity index (χ3v) is 2.85. The Morgan fingerprint density at radius 1 is 1.58 bits per heavy atom. The zero-order valence-corrected chi connectivity index (χ0v) is 8.35. The lowest BCUT2D eigenvalue weighted by Crippen LogP contribution is -1.96. The number of aromatic carboxylic acids is 1. The Morgan fingerprint density at radius 3 is 2.75 bits per heavy atom. The molecule has 0 unspecified atom stereocenters. The van der Waals surface area contributed by atoms with Crippen LogP contribution in [0.3, 0.4) is 0 Å². The molecule has 0 aliphatic heterocycles. The van der Waals surface area contributed by atoms with E-state index < -0.39 is 5.97 Å². The molecule has 0 spiro atoms. The number of halogens is 1. The van der Waals surface area contributed by atoms with Crippen LogP contribution in [-0.2, 0) is 0 Å². The van der Waals surface area contributed by atoms with Crippen molar-refractivity contribution in [1.82, 2.24) is 0 Å². The van der Waals surface area contributed by atoms with Gasteiger partial charge in [-0.1, -0.05) is 0 Å². The first-order chi connectivity index (χ1) is 5.65. The molecule has 0 saturated carbocycles. The van der Waals surface area contributed by atoms with E-state index in [0.717, 1.165) is 21.3 Å². The first-order valence-corrected chi connectivity index (χ1v) is 4.72. The summed E-state index contributed by atoms with van der Waals surface area (Å²) in [5.74, 6) is -0.946. The van der Waals surface area contributed by atoms with E-state index in [0.29, 0.717) is 0 Å². The Morgan fingerprint density at radius 2 is 2.25 bits per heavy atom. The molecule has 1 aromatic carbocycles. The molecule has 5 heteroatoms. The molecule has 12 heavy (non-hydrogen) atoms. The van der Waals surface area contributed by atoms with Gasteiger partial charge in [0, 0.05) is 9.37 Å². The Bertz CT molecular complexity index is 316. The Hall–Kier alpha value is -0.520. The van der Waals surface area contributed by atoms with Gasteiger partial charge in [-0.2, -0.15) is 0 Å². The molecular formula is C7H6BrNO2S. The highest BCUT2D eigenvalue weighted by Gasteiger charge is 2.05. The van der Waals surface area contributed by atoms with Crippen molar-refractivity contribution in [3.05, 3.63) is 28.2 Å². The fourth-order valence-corrected chi connectivity index (χ4v) is 1.63. The van der Waals surface area contributed by atoms with Crippen molar-refractivity contribution in [3.63, 3.8) is 0 Å². The van der Waals surface area contributed by atoms with Crippen molar-refractivity contribution in [2.75, 3.05) is 0 Å². The molecule has 0 saturated heterocycles. The normalized spacial score (nSPS) is 9.83. The Labute approximate surface area is 82.2 Å². The van der Waals surface area contributed by atoms with Crippen molar-refractivity contribution in [1.29, 1.82) is 0 Å². The van der Waals surface area contributed by atoms with Crippen LogP contribution in [0.2, 0.25) is 0 Å². The number of carboxylic acids is 1. The van der Waals surface area contributed by atoms with Crippen LogP contribution >= 0.6 is 27.9 Å². The van der Waals surface area contributed by atoms with Gasteiger partial charge in [-0.25, -0.2) is 4.79 Å². The number of hydrogen-bond acceptors (Lipinski definition) is 3. The van der Waals surface area contributed by atoms with Gasteiger partial charge in [-0.15, -0.1) is 0 Å². The van der Waals surface area contributed by atoms with Gasteiger partial charge in [0.15, 0.2) is 0 Å². The highest BCUT2D eigenvalue weighted by Crippen LogP contribution is 2.24. The molecule has 1 aromatic rings. The van der Waals surface area contributed by atoms with E-state index in [4.69, 9.17) is 10.2 Å². The maximum absolute atomic E-state index is 10.5. The predicted molar refractivity (Wildman–Crippen MR) is 51.1 cm³/mol. The molecule has 3 nitrogen and oxygen atoms in total. The van der Waals surface area contributed by atoms with Crippen LogP contribution in [0.4, 0.5) is 0 Å². The maximum Gasteiger partial charge on any atom is 0.335 e. The van der Waals surface area contributed by atoms with E-state index in [1.165, 1.54) is 12.1 Å². The molecule has 0 aromatic heterocycles. The summed E-state index contributed by atoms with van der Waals surface area (Å²) in [6.45, 7) is 0. The molecule has 0 fully saturated rings. The fraction of sp³-hybridized carbons (Fsp3) is 0. The lowest BCUT2D eigenvalue weighted by molar-refractivity contribution is 0.0696. The Balaban J connectivity index is 3.13. The zero-order valence-electron chi connectivity index (χ0n) is 5.95. The number of nitrogens with two attached hydrogens (primary N) is 1. The first kappa shape index (κ1) is 9.57. The quantitative estimate of drug-likeness (QED) is 0.787. The lowest BCUT2D eigenvalue weighted by Gasteiger charge is -2.00. The highest BCUT2D eigenvalue weighted by molar-refractivity contribution is 9.10. The van der Waals surface area contributed by atoms with Crippen molar-refractivity contribution >= 4 is 33.8 Å². The summed E-state index contributed by atoms with van der Waals surface area (Å²) in [5.41, 5.74) is 0.242. The van der Waals surface area contributed by atoms with Crippen LogP contribution in [0, 0.1) is 0 Å². The summed E-state index contributed by atoms with van der Waals surface area (Å²) < 4.78 is 0.806. The van der Waals surface area contributed by atoms with Crippen LogP contribution in [0.15, 0.2) is 27.6 Å². The summed E-state index contributed by atoms with van der Waals surface area (Å²) in [5, 5.41) is 13.9. The van der Waals surface area contributed by atoms with Crippen LogP contribution in [0.1, 0.15) is 10.4 Å². The molecule has 0 amide bonds. The molecule has 0 heterocycles. The second kappa shape index (κ2) is 3.93. The molecule has 0 radical (unpaired) electrons. The summed E-state index contributed by atoms with van der Waals surface area (Å²) in [6.07, 6.45) is 0. The monoisotopic (exact) mass is 247 g/mol. The molecule has 3 N–H and O–H groups in total. The summed E-state index contributed by atoms with van der Waals surface area (Å²) in [7, 11) is 0. The molecule has 1 rings (SSSR count). The number of carboxylic acid groups (broad SMARTS) is 1. The van der Waals surface area contributed by atoms with Gasteiger partial charge in [0.25, 0.3) is 0 Å². The third-order valence-electron chi connectivity index (χ3n) is 1.31. The molecule has 0 atom stereocenters. The predicted octanol–water partition coefficient (Wildman–Crippen LogP) is 2.11. The fourth-order valence-electron chi connectivity index (χ4n) is 0.727. The SMILES string of the molecule is NSc1cc(C(=O)O)ccc1Br. The van der Waals surface area contributed by atoms with Crippen LogP contribution in [0.5, 0.6) is 0 Å². The minimum Gasteiger partial charge on any atom is -0.478 e. The molecule has 0 aliphatic rings. The van der Waals surface area contributed by atoms with Crippen LogP contribution in [0.25, 0.3) is 0 Å². The van der Waals surface area contributed by atoms with Gasteiger partial charge in [0.2, 0.25) is 0 Å². The van der Waals surface area contributed by atoms with E-state index in [9.17, 15) is 4.79 Å². The summed E-state index contributed by atoms with van der Waals surface area (Å²) in [4.78, 5) is 11.2. The van der Waals surface area contributed by atoms with Crippen molar-refractivity contribution in [2.45, 2.75) is 4.90 Å². The smallest absolute Gasteiger partial charge is 0.335 e. The number of benzene rings is 1. The molecule has 0 bridgehead atoms. The largest absolute Gasteiger partial charge is 0.478 e. The minimum absolute atomic E-state index is 0.242. The van der Waals surface area contributed by atoms with E-state index >= 15 is 0 Å². The first-order valence-electron chi connectivity index (χ1n) is 3.04. The van der Waals surface area contributed by atoms with Crippen molar-refractivity contribution in [3.8, 4) is 0 Å². The average molecular weight is 248 g/mol. The minimum atomic E-state index is -0.946. The van der Waals surface area contributed by atoms with Crippen LogP contribution in [-0.4, -0.2) is 11.1 Å². The molecule has 0 aliphatic carbocycles. The van der Waals surface area contributed by atoms with Crippen molar-refractivity contribution < 1.29 is 9.90 Å². The third kappa shape index (κ3) is 2.00. The second-order valence-corrected chi connectivity index (χ2v) is 3.60. The lowest BCUT2D eigenvalue weighted by atomic mass is 10.2. The second-order valence-electron chi connectivity index (χ2n) is 2.07. The van der Waals surface area contributed by atoms with E-state index in [1.807, 2.05) is 0 Å². The maximum atomic E-state index is 10.5. The number of hydrogen-bond donors (Lipinski definition) is 2. The van der Waals surface area contributed by atoms with Gasteiger partial charge in [0.05, 0.1) is 5.56 Å². The number of rotatable bonds is 2. The highest BCUT2D eigenvalue weighted by atomic mass is 79.9. The van der Waals surface area contributed by atoms with Crippen molar-refractivity contribution in [2.24, 2.45) is 5.14 Å². The molecular weight excluding hydrogens is 242 g/mol.